The minimum absolute atomic E-state index is 0.0208. The quantitative estimate of drug-likeness (QED) is 0.529. The Labute approximate surface area is 131 Å². The van der Waals surface area contributed by atoms with E-state index in [0.29, 0.717) is 0 Å². The van der Waals surface area contributed by atoms with Crippen molar-refractivity contribution in [2.24, 2.45) is 0 Å². The van der Waals surface area contributed by atoms with Gasteiger partial charge in [0.05, 0.1) is 8.07 Å². The molecule has 0 unspecified atom stereocenters. The Morgan fingerprint density at radius 1 is 1.10 bits per heavy atom. The molecule has 1 aliphatic rings. The van der Waals surface area contributed by atoms with E-state index in [-0.39, 0.29) is 23.9 Å². The summed E-state index contributed by atoms with van der Waals surface area (Å²) >= 11 is 0. The standard InChI is InChI=1S/C17H33NO2Si/c1-12(2)18(13(3)4)17(19)20-16(21(6,7)8)15-11-9-10-14(15)5/h12-13,16H,9-11H2,1-8H3/t16-/m0/s1. The van der Waals surface area contributed by atoms with Crippen LogP contribution in [0.3, 0.4) is 0 Å². The van der Waals surface area contributed by atoms with Crippen molar-refractivity contribution >= 4 is 14.2 Å². The number of hydrogen-bond acceptors (Lipinski definition) is 2. The molecule has 0 heterocycles. The second-order valence-corrected chi connectivity index (χ2v) is 13.1. The summed E-state index contributed by atoms with van der Waals surface area (Å²) in [6, 6.07) is 0.330. The smallest absolute Gasteiger partial charge is 0.410 e. The average molecular weight is 312 g/mol. The minimum Gasteiger partial charge on any atom is -0.446 e. The maximum absolute atomic E-state index is 12.6. The lowest BCUT2D eigenvalue weighted by Gasteiger charge is -2.36. The van der Waals surface area contributed by atoms with E-state index in [2.05, 4.69) is 26.6 Å². The summed E-state index contributed by atoms with van der Waals surface area (Å²) in [5.74, 6) is 0. The van der Waals surface area contributed by atoms with E-state index in [0.717, 1.165) is 12.8 Å². The van der Waals surface area contributed by atoms with Crippen molar-refractivity contribution in [3.8, 4) is 0 Å². The van der Waals surface area contributed by atoms with Crippen LogP contribution in [-0.2, 0) is 4.74 Å². The molecule has 1 rings (SSSR count). The molecule has 4 heteroatoms. The zero-order valence-corrected chi connectivity index (χ0v) is 16.1. The number of allylic oxidation sites excluding steroid dienone is 1. The Balaban J connectivity index is 2.98. The molecule has 1 atom stereocenters. The van der Waals surface area contributed by atoms with Gasteiger partial charge < -0.3 is 9.64 Å². The van der Waals surface area contributed by atoms with Crippen LogP contribution in [0.1, 0.15) is 53.9 Å². The zero-order valence-electron chi connectivity index (χ0n) is 15.1. The maximum Gasteiger partial charge on any atom is 0.410 e. The minimum atomic E-state index is -1.60. The van der Waals surface area contributed by atoms with Crippen LogP contribution >= 0.6 is 0 Å². The number of carbonyl (C=O) groups excluding carboxylic acids is 1. The Bertz CT molecular complexity index is 400. The van der Waals surface area contributed by atoms with Gasteiger partial charge in [0.15, 0.2) is 0 Å². The topological polar surface area (TPSA) is 29.5 Å². The second-order valence-electron chi connectivity index (χ2n) is 7.88. The van der Waals surface area contributed by atoms with Gasteiger partial charge in [0.1, 0.15) is 5.73 Å². The molecule has 0 saturated heterocycles. The van der Waals surface area contributed by atoms with Crippen molar-refractivity contribution in [2.45, 2.75) is 91.3 Å². The number of rotatable bonds is 5. The van der Waals surface area contributed by atoms with Gasteiger partial charge in [0.25, 0.3) is 0 Å². The Kier molecular flexibility index (Phi) is 6.08. The molecule has 3 nitrogen and oxygen atoms in total. The highest BCUT2D eigenvalue weighted by Crippen LogP contribution is 2.34. The largest absolute Gasteiger partial charge is 0.446 e. The first-order valence-corrected chi connectivity index (χ1v) is 11.8. The number of ether oxygens (including phenoxy) is 1. The lowest BCUT2D eigenvalue weighted by molar-refractivity contribution is 0.0736. The van der Waals surface area contributed by atoms with E-state index in [1.165, 1.54) is 17.6 Å². The van der Waals surface area contributed by atoms with Crippen LogP contribution in [0.4, 0.5) is 4.79 Å². The summed E-state index contributed by atoms with van der Waals surface area (Å²) in [5.41, 5.74) is 2.86. The van der Waals surface area contributed by atoms with Crippen molar-refractivity contribution in [1.82, 2.24) is 4.90 Å². The molecule has 0 aromatic carbocycles. The van der Waals surface area contributed by atoms with Crippen LogP contribution in [0.2, 0.25) is 19.6 Å². The van der Waals surface area contributed by atoms with Crippen LogP contribution < -0.4 is 0 Å². The predicted octanol–water partition coefficient (Wildman–Crippen LogP) is 4.99. The molecule has 0 spiro atoms. The lowest BCUT2D eigenvalue weighted by Crippen LogP contribution is -2.49. The van der Waals surface area contributed by atoms with Crippen LogP contribution in [0.25, 0.3) is 0 Å². The average Bonchev–Trinajstić information content (AvgIpc) is 2.69. The Morgan fingerprint density at radius 3 is 1.95 bits per heavy atom. The van der Waals surface area contributed by atoms with Crippen LogP contribution in [0.5, 0.6) is 0 Å². The first-order chi connectivity index (χ1) is 9.55. The molecule has 0 fully saturated rings. The summed E-state index contributed by atoms with van der Waals surface area (Å²) in [6.07, 6.45) is 3.31. The van der Waals surface area contributed by atoms with Crippen molar-refractivity contribution in [3.63, 3.8) is 0 Å². The van der Waals surface area contributed by atoms with Gasteiger partial charge in [-0.15, -0.1) is 0 Å². The van der Waals surface area contributed by atoms with E-state index in [1.807, 2.05) is 32.6 Å². The molecular formula is C17H33NO2Si. The van der Waals surface area contributed by atoms with Crippen LogP contribution in [0.15, 0.2) is 11.1 Å². The maximum atomic E-state index is 12.6. The third-order valence-electron chi connectivity index (χ3n) is 4.19. The van der Waals surface area contributed by atoms with Gasteiger partial charge in [0.2, 0.25) is 0 Å². The summed E-state index contributed by atoms with van der Waals surface area (Å²) in [7, 11) is -1.60. The molecule has 122 valence electrons. The highest BCUT2D eigenvalue weighted by atomic mass is 28.3. The fourth-order valence-corrected chi connectivity index (χ4v) is 5.11. The molecular weight excluding hydrogens is 278 g/mol. The molecule has 0 aliphatic heterocycles. The molecule has 0 radical (unpaired) electrons. The molecule has 1 amide bonds. The van der Waals surface area contributed by atoms with E-state index in [9.17, 15) is 4.79 Å². The van der Waals surface area contributed by atoms with Crippen molar-refractivity contribution in [3.05, 3.63) is 11.1 Å². The van der Waals surface area contributed by atoms with Gasteiger partial charge in [-0.2, -0.15) is 0 Å². The third-order valence-corrected chi connectivity index (χ3v) is 6.23. The van der Waals surface area contributed by atoms with Crippen LogP contribution in [-0.4, -0.2) is 36.9 Å². The molecule has 21 heavy (non-hydrogen) atoms. The normalized spacial score (nSPS) is 17.6. The number of hydrogen-bond donors (Lipinski definition) is 0. The summed E-state index contributed by atoms with van der Waals surface area (Å²) < 4.78 is 6.04. The number of carbonyl (C=O) groups is 1. The fourth-order valence-electron chi connectivity index (χ4n) is 3.22. The molecule has 0 saturated carbocycles. The predicted molar refractivity (Wildman–Crippen MR) is 92.3 cm³/mol. The van der Waals surface area contributed by atoms with E-state index in [1.54, 1.807) is 0 Å². The SMILES string of the molecule is CC1=C([C@@H](OC(=O)N(C(C)C)C(C)C)[Si](C)(C)C)CCC1. The van der Waals surface area contributed by atoms with Crippen molar-refractivity contribution in [1.29, 1.82) is 0 Å². The van der Waals surface area contributed by atoms with Gasteiger partial charge in [-0.25, -0.2) is 4.79 Å². The first kappa shape index (κ1) is 18.3. The van der Waals surface area contributed by atoms with Gasteiger partial charge in [0, 0.05) is 12.1 Å². The Hall–Kier alpha value is -0.773. The summed E-state index contributed by atoms with van der Waals surface area (Å²) in [4.78, 5) is 14.5. The third kappa shape index (κ3) is 4.60. The van der Waals surface area contributed by atoms with Crippen molar-refractivity contribution in [2.75, 3.05) is 0 Å². The van der Waals surface area contributed by atoms with Gasteiger partial charge in [-0.1, -0.05) is 25.2 Å². The molecule has 1 aliphatic carbocycles. The monoisotopic (exact) mass is 311 g/mol. The zero-order chi connectivity index (χ0) is 16.4. The number of amides is 1. The highest BCUT2D eigenvalue weighted by Gasteiger charge is 2.37. The Morgan fingerprint density at radius 2 is 1.62 bits per heavy atom. The summed E-state index contributed by atoms with van der Waals surface area (Å²) in [6.45, 7) is 17.3. The number of nitrogens with zero attached hydrogens (tertiary/aromatic N) is 1. The van der Waals surface area contributed by atoms with Gasteiger partial charge in [-0.05, 0) is 59.5 Å². The summed E-state index contributed by atoms with van der Waals surface area (Å²) in [5, 5.41) is 0. The molecule has 0 aromatic rings. The van der Waals surface area contributed by atoms with Gasteiger partial charge >= 0.3 is 6.09 Å². The van der Waals surface area contributed by atoms with Crippen molar-refractivity contribution < 1.29 is 9.53 Å². The van der Waals surface area contributed by atoms with E-state index >= 15 is 0 Å². The molecule has 0 N–H and O–H groups in total. The second kappa shape index (κ2) is 6.99. The first-order valence-electron chi connectivity index (χ1n) is 8.23. The van der Waals surface area contributed by atoms with E-state index in [4.69, 9.17) is 4.74 Å². The molecule has 0 aromatic heterocycles. The lowest BCUT2D eigenvalue weighted by atomic mass is 10.2. The van der Waals surface area contributed by atoms with E-state index < -0.39 is 8.07 Å². The van der Waals surface area contributed by atoms with Crippen LogP contribution in [0, 0.1) is 0 Å². The fraction of sp³-hybridized carbons (Fsp3) is 0.824. The highest BCUT2D eigenvalue weighted by molar-refractivity contribution is 6.78. The van der Waals surface area contributed by atoms with Gasteiger partial charge in [-0.3, -0.25) is 0 Å². The molecule has 0 bridgehead atoms.